The highest BCUT2D eigenvalue weighted by Gasteiger charge is 2.25. The molecule has 0 aliphatic heterocycles. The number of carbonyl (C=O) groups excluding carboxylic acids is 2. The summed E-state index contributed by atoms with van der Waals surface area (Å²) in [7, 11) is 1.45. The molecule has 0 atom stereocenters. The van der Waals surface area contributed by atoms with Gasteiger partial charge in [-0.1, -0.05) is 19.9 Å². The van der Waals surface area contributed by atoms with Crippen LogP contribution in [0, 0.1) is 5.92 Å². The van der Waals surface area contributed by atoms with Crippen LogP contribution < -0.4 is 32.4 Å². The fourth-order valence-corrected chi connectivity index (χ4v) is 2.89. The Hall–Kier alpha value is -3.60. The molecule has 1 aromatic carbocycles. The van der Waals surface area contributed by atoms with Crippen molar-refractivity contribution in [1.82, 2.24) is 9.55 Å². The standard InChI is InChI=1S/C20H27N5O6/c1-12(2)10-25-17(21)16(19(28)23-20(25)29)24(7-8-30-3)15(26)11-31-14-6-4-5-13(9-14)18(22)27/h4-6,9,12H,7-8,10-11,21H2,1-3H3,(H2,22,27)(H,23,28,29). The van der Waals surface area contributed by atoms with E-state index in [1.165, 1.54) is 23.8 Å². The summed E-state index contributed by atoms with van der Waals surface area (Å²) in [5, 5.41) is 0. The van der Waals surface area contributed by atoms with Gasteiger partial charge in [-0.05, 0) is 24.1 Å². The number of benzene rings is 1. The number of H-pyrrole nitrogens is 1. The van der Waals surface area contributed by atoms with E-state index in [-0.39, 0.29) is 48.4 Å². The monoisotopic (exact) mass is 433 g/mol. The van der Waals surface area contributed by atoms with Crippen LogP contribution >= 0.6 is 0 Å². The van der Waals surface area contributed by atoms with Crippen LogP contribution in [-0.2, 0) is 16.1 Å². The maximum Gasteiger partial charge on any atom is 0.330 e. The number of rotatable bonds is 10. The molecule has 0 saturated carbocycles. The summed E-state index contributed by atoms with van der Waals surface area (Å²) in [6, 6.07) is 6.04. The third-order valence-corrected chi connectivity index (χ3v) is 4.33. The van der Waals surface area contributed by atoms with Crippen LogP contribution in [0.4, 0.5) is 11.5 Å². The van der Waals surface area contributed by atoms with E-state index < -0.39 is 29.7 Å². The van der Waals surface area contributed by atoms with Gasteiger partial charge in [-0.15, -0.1) is 0 Å². The Morgan fingerprint density at radius 2 is 1.97 bits per heavy atom. The molecule has 168 valence electrons. The van der Waals surface area contributed by atoms with Gasteiger partial charge in [0.05, 0.1) is 6.61 Å². The molecule has 2 aromatic rings. The molecule has 31 heavy (non-hydrogen) atoms. The zero-order chi connectivity index (χ0) is 23.1. The van der Waals surface area contributed by atoms with Crippen molar-refractivity contribution in [2.24, 2.45) is 11.7 Å². The Bertz CT molecular complexity index is 1060. The molecule has 2 amide bonds. The molecule has 0 unspecified atom stereocenters. The molecule has 0 radical (unpaired) electrons. The highest BCUT2D eigenvalue weighted by atomic mass is 16.5. The van der Waals surface area contributed by atoms with Crippen molar-refractivity contribution in [2.45, 2.75) is 20.4 Å². The highest BCUT2D eigenvalue weighted by molar-refractivity contribution is 5.96. The van der Waals surface area contributed by atoms with Gasteiger partial charge in [-0.25, -0.2) is 4.79 Å². The predicted octanol–water partition coefficient (Wildman–Crippen LogP) is -0.0679. The first kappa shape index (κ1) is 23.7. The van der Waals surface area contributed by atoms with Gasteiger partial charge in [0.1, 0.15) is 11.6 Å². The summed E-state index contributed by atoms with van der Waals surface area (Å²) in [5.41, 5.74) is 9.99. The second-order valence-corrected chi connectivity index (χ2v) is 7.22. The number of anilines is 2. The lowest BCUT2D eigenvalue weighted by Crippen LogP contribution is -2.44. The summed E-state index contributed by atoms with van der Waals surface area (Å²) in [4.78, 5) is 52.3. The molecule has 2 rings (SSSR count). The number of ether oxygens (including phenoxy) is 2. The molecule has 11 heteroatoms. The van der Waals surface area contributed by atoms with E-state index in [1.54, 1.807) is 12.1 Å². The van der Waals surface area contributed by atoms with Gasteiger partial charge >= 0.3 is 5.69 Å². The average molecular weight is 433 g/mol. The first-order valence-corrected chi connectivity index (χ1v) is 9.60. The zero-order valence-electron chi connectivity index (χ0n) is 17.7. The summed E-state index contributed by atoms with van der Waals surface area (Å²) in [6.45, 7) is 3.71. The number of amides is 2. The van der Waals surface area contributed by atoms with Gasteiger partial charge in [0, 0.05) is 25.8 Å². The van der Waals surface area contributed by atoms with Crippen LogP contribution in [0.2, 0.25) is 0 Å². The molecule has 0 fully saturated rings. The second-order valence-electron chi connectivity index (χ2n) is 7.22. The van der Waals surface area contributed by atoms with E-state index >= 15 is 0 Å². The van der Waals surface area contributed by atoms with Crippen LogP contribution in [0.3, 0.4) is 0 Å². The molecular weight excluding hydrogens is 406 g/mol. The number of primary amides is 1. The van der Waals surface area contributed by atoms with Crippen molar-refractivity contribution < 1.29 is 19.1 Å². The van der Waals surface area contributed by atoms with E-state index in [9.17, 15) is 19.2 Å². The molecule has 0 bridgehead atoms. The van der Waals surface area contributed by atoms with E-state index in [1.807, 2.05) is 13.8 Å². The number of hydrogen-bond donors (Lipinski definition) is 3. The fourth-order valence-electron chi connectivity index (χ4n) is 2.89. The van der Waals surface area contributed by atoms with E-state index in [4.69, 9.17) is 20.9 Å². The number of aromatic amines is 1. The molecule has 0 aliphatic rings. The van der Waals surface area contributed by atoms with Gasteiger partial charge in [-0.3, -0.25) is 28.8 Å². The Labute approximate surface area is 178 Å². The lowest BCUT2D eigenvalue weighted by atomic mass is 10.2. The van der Waals surface area contributed by atoms with Crippen LogP contribution in [-0.4, -0.2) is 48.2 Å². The van der Waals surface area contributed by atoms with Gasteiger partial charge in [0.25, 0.3) is 11.5 Å². The minimum atomic E-state index is -0.789. The van der Waals surface area contributed by atoms with Crippen molar-refractivity contribution in [2.75, 3.05) is 37.5 Å². The molecule has 0 saturated heterocycles. The number of nitrogens with two attached hydrogens (primary N) is 2. The fraction of sp³-hybridized carbons (Fsp3) is 0.400. The number of nitrogen functional groups attached to an aromatic ring is 1. The molecule has 1 heterocycles. The second kappa shape index (κ2) is 10.4. The molecular formula is C20H27N5O6. The average Bonchev–Trinajstić information content (AvgIpc) is 2.71. The minimum absolute atomic E-state index is 0.00712. The first-order chi connectivity index (χ1) is 14.6. The van der Waals surface area contributed by atoms with Gasteiger partial charge < -0.3 is 20.9 Å². The smallest absolute Gasteiger partial charge is 0.330 e. The van der Waals surface area contributed by atoms with Crippen molar-refractivity contribution in [3.8, 4) is 5.75 Å². The van der Waals surface area contributed by atoms with E-state index in [0.29, 0.717) is 0 Å². The molecule has 0 spiro atoms. The van der Waals surface area contributed by atoms with Crippen molar-refractivity contribution in [3.63, 3.8) is 0 Å². The summed E-state index contributed by atoms with van der Waals surface area (Å²) < 4.78 is 11.7. The minimum Gasteiger partial charge on any atom is -0.484 e. The number of aromatic nitrogens is 2. The predicted molar refractivity (Wildman–Crippen MR) is 115 cm³/mol. The number of carbonyl (C=O) groups is 2. The quantitative estimate of drug-likeness (QED) is 0.472. The summed E-state index contributed by atoms with van der Waals surface area (Å²) >= 11 is 0. The van der Waals surface area contributed by atoms with Crippen molar-refractivity contribution in [1.29, 1.82) is 0 Å². The molecule has 0 aliphatic carbocycles. The molecule has 11 nitrogen and oxygen atoms in total. The Kier molecular flexibility index (Phi) is 7.97. The van der Waals surface area contributed by atoms with Crippen molar-refractivity contribution in [3.05, 3.63) is 50.7 Å². The summed E-state index contributed by atoms with van der Waals surface area (Å²) in [6.07, 6.45) is 0. The van der Waals surface area contributed by atoms with Crippen LogP contribution in [0.1, 0.15) is 24.2 Å². The number of hydrogen-bond acceptors (Lipinski definition) is 7. The lowest BCUT2D eigenvalue weighted by molar-refractivity contribution is -0.120. The molecule has 1 aromatic heterocycles. The molecule has 5 N–H and O–H groups in total. The first-order valence-electron chi connectivity index (χ1n) is 9.60. The topological polar surface area (TPSA) is 163 Å². The van der Waals surface area contributed by atoms with Gasteiger partial charge in [-0.2, -0.15) is 0 Å². The van der Waals surface area contributed by atoms with Gasteiger partial charge in [0.15, 0.2) is 12.3 Å². The van der Waals surface area contributed by atoms with Crippen molar-refractivity contribution >= 4 is 23.3 Å². The highest BCUT2D eigenvalue weighted by Crippen LogP contribution is 2.19. The maximum absolute atomic E-state index is 12.9. The number of nitrogens with zero attached hydrogens (tertiary/aromatic N) is 2. The maximum atomic E-state index is 12.9. The van der Waals surface area contributed by atoms with Crippen LogP contribution in [0.5, 0.6) is 5.75 Å². The third-order valence-electron chi connectivity index (χ3n) is 4.33. The van der Waals surface area contributed by atoms with Crippen LogP contribution in [0.15, 0.2) is 33.9 Å². The lowest BCUT2D eigenvalue weighted by Gasteiger charge is -2.24. The Morgan fingerprint density at radius 3 is 2.58 bits per heavy atom. The number of methoxy groups -OCH3 is 1. The summed E-state index contributed by atoms with van der Waals surface area (Å²) in [5.74, 6) is -1.02. The van der Waals surface area contributed by atoms with Gasteiger partial charge in [0.2, 0.25) is 5.91 Å². The van der Waals surface area contributed by atoms with E-state index in [2.05, 4.69) is 4.98 Å². The Balaban J connectivity index is 2.36. The van der Waals surface area contributed by atoms with Crippen LogP contribution in [0.25, 0.3) is 0 Å². The largest absolute Gasteiger partial charge is 0.484 e. The SMILES string of the molecule is COCCN(C(=O)COc1cccc(C(N)=O)c1)c1c(N)n(CC(C)C)c(=O)[nH]c1=O. The van der Waals surface area contributed by atoms with E-state index in [0.717, 1.165) is 4.90 Å². The normalized spacial score (nSPS) is 10.8. The number of nitrogens with one attached hydrogen (secondary N) is 1. The Morgan fingerprint density at radius 1 is 1.26 bits per heavy atom. The third kappa shape index (κ3) is 5.95. The zero-order valence-corrected chi connectivity index (χ0v) is 17.7.